The van der Waals surface area contributed by atoms with Crippen molar-refractivity contribution >= 4 is 5.91 Å². The predicted molar refractivity (Wildman–Crippen MR) is 61.1 cm³/mol. The number of imidazole rings is 1. The summed E-state index contributed by atoms with van der Waals surface area (Å²) in [6.07, 6.45) is 3.31. The average molecular weight is 251 g/mol. The number of hydrogen-bond donors (Lipinski definition) is 1. The summed E-state index contributed by atoms with van der Waals surface area (Å²) < 4.78 is 27.3. The standard InChI is InChI=1S/C12H11F2N3O/c13-8-1-2-10(11(14)5-8)12(18)17-6-9(3-4-15)16-7-17/h1-2,5-7H,3-4,15H2. The first-order valence-corrected chi connectivity index (χ1v) is 5.34. The Morgan fingerprint density at radius 2 is 2.17 bits per heavy atom. The Balaban J connectivity index is 2.29. The molecule has 4 nitrogen and oxygen atoms in total. The zero-order valence-electron chi connectivity index (χ0n) is 9.44. The Morgan fingerprint density at radius 3 is 2.83 bits per heavy atom. The topological polar surface area (TPSA) is 60.9 Å². The van der Waals surface area contributed by atoms with Gasteiger partial charge in [-0.15, -0.1) is 0 Å². The fourth-order valence-corrected chi connectivity index (χ4v) is 1.55. The second kappa shape index (κ2) is 5.05. The Labute approximate surface area is 102 Å². The van der Waals surface area contributed by atoms with E-state index >= 15 is 0 Å². The van der Waals surface area contributed by atoms with Gasteiger partial charge < -0.3 is 5.73 Å². The van der Waals surface area contributed by atoms with Gasteiger partial charge in [-0.2, -0.15) is 0 Å². The highest BCUT2D eigenvalue weighted by atomic mass is 19.1. The van der Waals surface area contributed by atoms with Crippen molar-refractivity contribution < 1.29 is 13.6 Å². The van der Waals surface area contributed by atoms with E-state index in [0.29, 0.717) is 24.7 Å². The molecule has 0 radical (unpaired) electrons. The van der Waals surface area contributed by atoms with Gasteiger partial charge in [0.15, 0.2) is 0 Å². The van der Waals surface area contributed by atoms with Crippen LogP contribution in [0.1, 0.15) is 16.1 Å². The predicted octanol–water partition coefficient (Wildman–Crippen LogP) is 1.35. The Kier molecular flexibility index (Phi) is 3.47. The first kappa shape index (κ1) is 12.4. The van der Waals surface area contributed by atoms with E-state index < -0.39 is 17.5 Å². The molecule has 0 aliphatic carbocycles. The Hall–Kier alpha value is -2.08. The molecule has 0 bridgehead atoms. The first-order valence-electron chi connectivity index (χ1n) is 5.34. The molecule has 2 N–H and O–H groups in total. The third-order valence-corrected chi connectivity index (χ3v) is 2.43. The van der Waals surface area contributed by atoms with Gasteiger partial charge in [0, 0.05) is 18.7 Å². The lowest BCUT2D eigenvalue weighted by Crippen LogP contribution is -2.12. The second-order valence-electron chi connectivity index (χ2n) is 3.74. The van der Waals surface area contributed by atoms with E-state index in [0.717, 1.165) is 16.7 Å². The Bertz CT molecular complexity index is 580. The number of carbonyl (C=O) groups excluding carboxylic acids is 1. The summed E-state index contributed by atoms with van der Waals surface area (Å²) in [5.74, 6) is -2.21. The summed E-state index contributed by atoms with van der Waals surface area (Å²) in [7, 11) is 0. The molecule has 2 rings (SSSR count). The van der Waals surface area contributed by atoms with Crippen LogP contribution in [-0.4, -0.2) is 22.0 Å². The van der Waals surface area contributed by atoms with Gasteiger partial charge in [-0.3, -0.25) is 9.36 Å². The van der Waals surface area contributed by atoms with E-state index in [-0.39, 0.29) is 5.56 Å². The average Bonchev–Trinajstić information content (AvgIpc) is 2.77. The van der Waals surface area contributed by atoms with Gasteiger partial charge in [-0.25, -0.2) is 13.8 Å². The maximum atomic E-state index is 13.4. The van der Waals surface area contributed by atoms with Gasteiger partial charge in [0.25, 0.3) is 5.91 Å². The molecule has 6 heteroatoms. The lowest BCUT2D eigenvalue weighted by Gasteiger charge is -2.02. The number of nitrogens with two attached hydrogens (primary N) is 1. The van der Waals surface area contributed by atoms with Crippen LogP contribution in [-0.2, 0) is 6.42 Å². The monoisotopic (exact) mass is 251 g/mol. The summed E-state index contributed by atoms with van der Waals surface area (Å²) in [6.45, 7) is 0.413. The third kappa shape index (κ3) is 2.43. The number of carbonyl (C=O) groups is 1. The van der Waals surface area contributed by atoms with Crippen LogP contribution in [0.4, 0.5) is 8.78 Å². The van der Waals surface area contributed by atoms with Crippen LogP contribution < -0.4 is 5.73 Å². The zero-order valence-corrected chi connectivity index (χ0v) is 9.44. The lowest BCUT2D eigenvalue weighted by molar-refractivity contribution is 0.0955. The maximum absolute atomic E-state index is 13.4. The van der Waals surface area contributed by atoms with E-state index in [2.05, 4.69) is 4.98 Å². The van der Waals surface area contributed by atoms with Crippen LogP contribution in [0.5, 0.6) is 0 Å². The molecule has 94 valence electrons. The summed E-state index contributed by atoms with van der Waals surface area (Å²) in [5.41, 5.74) is 5.81. The highest BCUT2D eigenvalue weighted by Crippen LogP contribution is 2.11. The molecule has 2 aromatic rings. The molecule has 0 unspecified atom stereocenters. The van der Waals surface area contributed by atoms with Crippen molar-refractivity contribution in [3.05, 3.63) is 53.6 Å². The highest BCUT2D eigenvalue weighted by Gasteiger charge is 2.14. The Morgan fingerprint density at radius 1 is 1.39 bits per heavy atom. The van der Waals surface area contributed by atoms with Crippen LogP contribution >= 0.6 is 0 Å². The van der Waals surface area contributed by atoms with E-state index in [1.165, 1.54) is 12.5 Å². The number of halogens is 2. The van der Waals surface area contributed by atoms with E-state index in [1.807, 2.05) is 0 Å². The molecule has 0 amide bonds. The molecular formula is C12H11F2N3O. The van der Waals surface area contributed by atoms with Gasteiger partial charge in [-0.1, -0.05) is 0 Å². The summed E-state index contributed by atoms with van der Waals surface area (Å²) in [5, 5.41) is 0. The summed E-state index contributed by atoms with van der Waals surface area (Å²) in [4.78, 5) is 15.9. The molecule has 0 atom stereocenters. The molecule has 0 saturated carbocycles. The van der Waals surface area contributed by atoms with Crippen molar-refractivity contribution in [2.75, 3.05) is 6.54 Å². The van der Waals surface area contributed by atoms with Gasteiger partial charge in [-0.05, 0) is 18.7 Å². The van der Waals surface area contributed by atoms with Gasteiger partial charge in [0.05, 0.1) is 11.3 Å². The zero-order chi connectivity index (χ0) is 13.1. The van der Waals surface area contributed by atoms with Crippen molar-refractivity contribution in [1.29, 1.82) is 0 Å². The van der Waals surface area contributed by atoms with Crippen molar-refractivity contribution in [3.8, 4) is 0 Å². The van der Waals surface area contributed by atoms with Crippen LogP contribution in [0.3, 0.4) is 0 Å². The van der Waals surface area contributed by atoms with E-state index in [9.17, 15) is 13.6 Å². The van der Waals surface area contributed by atoms with Crippen LogP contribution in [0.2, 0.25) is 0 Å². The van der Waals surface area contributed by atoms with E-state index in [1.54, 1.807) is 0 Å². The molecule has 0 fully saturated rings. The van der Waals surface area contributed by atoms with Crippen LogP contribution in [0, 0.1) is 11.6 Å². The maximum Gasteiger partial charge on any atom is 0.266 e. The number of hydrogen-bond acceptors (Lipinski definition) is 3. The molecule has 0 saturated heterocycles. The van der Waals surface area contributed by atoms with E-state index in [4.69, 9.17) is 5.73 Å². The fourth-order valence-electron chi connectivity index (χ4n) is 1.55. The molecule has 0 aliphatic rings. The minimum Gasteiger partial charge on any atom is -0.330 e. The molecule has 1 heterocycles. The second-order valence-corrected chi connectivity index (χ2v) is 3.74. The normalized spacial score (nSPS) is 10.6. The van der Waals surface area contributed by atoms with Crippen LogP contribution in [0.15, 0.2) is 30.7 Å². The van der Waals surface area contributed by atoms with Gasteiger partial charge in [0.2, 0.25) is 0 Å². The fraction of sp³-hybridized carbons (Fsp3) is 0.167. The number of nitrogens with zero attached hydrogens (tertiary/aromatic N) is 2. The van der Waals surface area contributed by atoms with Crippen molar-refractivity contribution in [2.24, 2.45) is 5.73 Å². The molecule has 18 heavy (non-hydrogen) atoms. The third-order valence-electron chi connectivity index (χ3n) is 2.43. The number of benzene rings is 1. The smallest absolute Gasteiger partial charge is 0.266 e. The molecule has 1 aromatic heterocycles. The van der Waals surface area contributed by atoms with Gasteiger partial charge in [0.1, 0.15) is 18.0 Å². The quantitative estimate of drug-likeness (QED) is 0.895. The lowest BCUT2D eigenvalue weighted by atomic mass is 10.2. The minimum atomic E-state index is -0.894. The molecule has 1 aromatic carbocycles. The van der Waals surface area contributed by atoms with Crippen LogP contribution in [0.25, 0.3) is 0 Å². The number of aromatic nitrogens is 2. The first-order chi connectivity index (χ1) is 8.61. The number of rotatable bonds is 3. The van der Waals surface area contributed by atoms with Crippen molar-refractivity contribution in [3.63, 3.8) is 0 Å². The molecule has 0 aliphatic heterocycles. The minimum absolute atomic E-state index is 0.201. The SMILES string of the molecule is NCCc1cn(C(=O)c2ccc(F)cc2F)cn1. The highest BCUT2D eigenvalue weighted by molar-refractivity contribution is 5.96. The molecular weight excluding hydrogens is 240 g/mol. The largest absolute Gasteiger partial charge is 0.330 e. The molecule has 0 spiro atoms. The van der Waals surface area contributed by atoms with Crippen molar-refractivity contribution in [2.45, 2.75) is 6.42 Å². The van der Waals surface area contributed by atoms with Crippen molar-refractivity contribution in [1.82, 2.24) is 9.55 Å². The summed E-state index contributed by atoms with van der Waals surface area (Å²) >= 11 is 0. The van der Waals surface area contributed by atoms with Gasteiger partial charge >= 0.3 is 0 Å². The summed E-state index contributed by atoms with van der Waals surface area (Å²) in [6, 6.07) is 2.81.